The first-order valence-corrected chi connectivity index (χ1v) is 10.5. The van der Waals surface area contributed by atoms with Crippen LogP contribution >= 0.6 is 0 Å². The molecule has 0 radical (unpaired) electrons. The maximum absolute atomic E-state index is 12.3. The zero-order chi connectivity index (χ0) is 22.3. The number of aromatic nitrogens is 1. The van der Waals surface area contributed by atoms with Gasteiger partial charge in [0.05, 0.1) is 11.2 Å². The van der Waals surface area contributed by atoms with Crippen molar-refractivity contribution in [3.05, 3.63) is 36.0 Å². The number of imide groups is 1. The molecule has 164 valence electrons. The highest BCUT2D eigenvalue weighted by molar-refractivity contribution is 6.10. The number of rotatable bonds is 2. The van der Waals surface area contributed by atoms with Gasteiger partial charge in [-0.05, 0) is 44.4 Å². The predicted molar refractivity (Wildman–Crippen MR) is 119 cm³/mol. The van der Waals surface area contributed by atoms with E-state index in [1.54, 1.807) is 9.80 Å². The number of aryl methyl sites for hydroxylation is 1. The molecule has 4 rings (SSSR count). The number of amides is 4. The first-order chi connectivity index (χ1) is 14.6. The van der Waals surface area contributed by atoms with Gasteiger partial charge < -0.3 is 14.2 Å². The number of nitrogens with one attached hydrogen (secondary N) is 1. The molecule has 0 spiro atoms. The number of ether oxygens (including phenoxy) is 1. The Kier molecular flexibility index (Phi) is 5.24. The van der Waals surface area contributed by atoms with Crippen LogP contribution in [0.4, 0.5) is 15.3 Å². The highest BCUT2D eigenvalue weighted by Crippen LogP contribution is 2.33. The number of urea groups is 1. The lowest BCUT2D eigenvalue weighted by atomic mass is 9.98. The predicted octanol–water partition coefficient (Wildman–Crippen LogP) is 3.65. The smallest absolute Gasteiger partial charge is 0.410 e. The van der Waals surface area contributed by atoms with Gasteiger partial charge in [-0.2, -0.15) is 0 Å². The zero-order valence-corrected chi connectivity index (χ0v) is 18.4. The number of benzene rings is 1. The van der Waals surface area contributed by atoms with Gasteiger partial charge in [-0.15, -0.1) is 0 Å². The number of hydrogen-bond donors (Lipinski definition) is 1. The summed E-state index contributed by atoms with van der Waals surface area (Å²) in [5, 5.41) is 3.34. The summed E-state index contributed by atoms with van der Waals surface area (Å²) in [6, 6.07) is 5.80. The van der Waals surface area contributed by atoms with E-state index in [9.17, 15) is 14.4 Å². The van der Waals surface area contributed by atoms with Gasteiger partial charge >= 0.3 is 12.1 Å². The number of nitrogens with zero attached hydrogens (tertiary/aromatic N) is 3. The Morgan fingerprint density at radius 2 is 1.90 bits per heavy atom. The van der Waals surface area contributed by atoms with Gasteiger partial charge in [0.1, 0.15) is 5.60 Å². The Morgan fingerprint density at radius 3 is 2.55 bits per heavy atom. The van der Waals surface area contributed by atoms with E-state index in [1.165, 1.54) is 5.57 Å². The van der Waals surface area contributed by atoms with Crippen molar-refractivity contribution in [2.75, 3.05) is 24.5 Å². The highest BCUT2D eigenvalue weighted by Gasteiger charge is 2.27. The Balaban J connectivity index is 1.55. The summed E-state index contributed by atoms with van der Waals surface area (Å²) in [4.78, 5) is 39.4. The van der Waals surface area contributed by atoms with Crippen LogP contribution < -0.4 is 10.2 Å². The maximum atomic E-state index is 12.3. The standard InChI is InChI=1S/C23H28N4O4/c1-23(2,3)31-22(30)26-10-7-15(8-11-26)16-5-6-17-18(13-16)25(4)14-19(17)27-12-9-20(28)24-21(27)29/h5-7,13-14H,8-12H2,1-4H3,(H,24,28,29). The molecular weight excluding hydrogens is 396 g/mol. The molecule has 0 aliphatic carbocycles. The minimum absolute atomic E-state index is 0.242. The third-order valence-electron chi connectivity index (χ3n) is 5.55. The molecular formula is C23H28N4O4. The number of carbonyl (C=O) groups excluding carboxylic acids is 3. The SMILES string of the molecule is Cn1cc(N2CCC(=O)NC2=O)c2ccc(C3=CCN(C(=O)OC(C)(C)C)CC3)cc21. The molecule has 1 aromatic heterocycles. The van der Waals surface area contributed by atoms with Crippen molar-refractivity contribution in [2.45, 2.75) is 39.2 Å². The molecule has 0 saturated carbocycles. The fraction of sp³-hybridized carbons (Fsp3) is 0.435. The van der Waals surface area contributed by atoms with Gasteiger partial charge in [0.25, 0.3) is 0 Å². The lowest BCUT2D eigenvalue weighted by Gasteiger charge is -2.29. The first-order valence-electron chi connectivity index (χ1n) is 10.5. The summed E-state index contributed by atoms with van der Waals surface area (Å²) in [5.41, 5.74) is 3.58. The fourth-order valence-corrected chi connectivity index (χ4v) is 4.00. The second-order valence-electron chi connectivity index (χ2n) is 9.02. The summed E-state index contributed by atoms with van der Waals surface area (Å²) < 4.78 is 7.46. The van der Waals surface area contributed by atoms with E-state index < -0.39 is 5.60 Å². The molecule has 1 saturated heterocycles. The summed E-state index contributed by atoms with van der Waals surface area (Å²) in [6.07, 6.45) is 4.74. The molecule has 2 aromatic rings. The molecule has 1 fully saturated rings. The van der Waals surface area contributed by atoms with Crippen molar-refractivity contribution in [2.24, 2.45) is 7.05 Å². The average molecular weight is 425 g/mol. The molecule has 1 N–H and O–H groups in total. The Hall–Kier alpha value is -3.29. The average Bonchev–Trinajstić information content (AvgIpc) is 3.03. The van der Waals surface area contributed by atoms with E-state index >= 15 is 0 Å². The minimum Gasteiger partial charge on any atom is -0.444 e. The van der Waals surface area contributed by atoms with Crippen LogP contribution in [-0.2, 0) is 16.6 Å². The van der Waals surface area contributed by atoms with Crippen LogP contribution in [-0.4, -0.2) is 52.7 Å². The van der Waals surface area contributed by atoms with Crippen LogP contribution in [0, 0.1) is 0 Å². The van der Waals surface area contributed by atoms with Gasteiger partial charge in [0.2, 0.25) is 5.91 Å². The Morgan fingerprint density at radius 1 is 1.13 bits per heavy atom. The van der Waals surface area contributed by atoms with E-state index in [4.69, 9.17) is 4.74 Å². The molecule has 0 unspecified atom stereocenters. The lowest BCUT2D eigenvalue weighted by molar-refractivity contribution is -0.120. The van der Waals surface area contributed by atoms with E-state index in [2.05, 4.69) is 17.5 Å². The topological polar surface area (TPSA) is 83.9 Å². The van der Waals surface area contributed by atoms with Crippen molar-refractivity contribution < 1.29 is 19.1 Å². The second kappa shape index (κ2) is 7.76. The summed E-state index contributed by atoms with van der Waals surface area (Å²) in [5.74, 6) is -0.242. The molecule has 31 heavy (non-hydrogen) atoms. The van der Waals surface area contributed by atoms with Crippen molar-refractivity contribution in [3.8, 4) is 0 Å². The Labute approximate surface area is 181 Å². The molecule has 8 heteroatoms. The van der Waals surface area contributed by atoms with E-state index in [0.29, 0.717) is 26.1 Å². The summed E-state index contributed by atoms with van der Waals surface area (Å²) >= 11 is 0. The van der Waals surface area contributed by atoms with E-state index in [-0.39, 0.29) is 18.0 Å². The van der Waals surface area contributed by atoms with Gasteiger partial charge in [-0.3, -0.25) is 15.0 Å². The quantitative estimate of drug-likeness (QED) is 0.798. The van der Waals surface area contributed by atoms with Crippen LogP contribution in [0.25, 0.3) is 16.5 Å². The molecule has 2 aliphatic heterocycles. The van der Waals surface area contributed by atoms with Crippen molar-refractivity contribution in [1.29, 1.82) is 0 Å². The van der Waals surface area contributed by atoms with Gasteiger partial charge in [-0.25, -0.2) is 9.59 Å². The van der Waals surface area contributed by atoms with Crippen molar-refractivity contribution in [3.63, 3.8) is 0 Å². The summed E-state index contributed by atoms with van der Waals surface area (Å²) in [7, 11) is 1.95. The van der Waals surface area contributed by atoms with Crippen LogP contribution in [0.1, 0.15) is 39.2 Å². The van der Waals surface area contributed by atoms with Gasteiger partial charge in [0, 0.05) is 44.7 Å². The molecule has 1 aromatic carbocycles. The van der Waals surface area contributed by atoms with Crippen molar-refractivity contribution >= 4 is 40.2 Å². The Bertz CT molecular complexity index is 1090. The normalized spacial score (nSPS) is 17.6. The highest BCUT2D eigenvalue weighted by atomic mass is 16.6. The zero-order valence-electron chi connectivity index (χ0n) is 18.4. The summed E-state index contributed by atoms with van der Waals surface area (Å²) in [6.45, 7) is 7.10. The van der Waals surface area contributed by atoms with Crippen LogP contribution in [0.5, 0.6) is 0 Å². The van der Waals surface area contributed by atoms with E-state index in [0.717, 1.165) is 28.6 Å². The maximum Gasteiger partial charge on any atom is 0.410 e. The van der Waals surface area contributed by atoms with Gasteiger partial charge in [-0.1, -0.05) is 18.2 Å². The molecule has 2 aliphatic rings. The lowest BCUT2D eigenvalue weighted by Crippen LogP contribution is -2.49. The molecule has 8 nitrogen and oxygen atoms in total. The number of hydrogen-bond acceptors (Lipinski definition) is 4. The van der Waals surface area contributed by atoms with Crippen LogP contribution in [0.3, 0.4) is 0 Å². The van der Waals surface area contributed by atoms with Crippen LogP contribution in [0.15, 0.2) is 30.5 Å². The third-order valence-corrected chi connectivity index (χ3v) is 5.55. The van der Waals surface area contributed by atoms with Gasteiger partial charge in [0.15, 0.2) is 0 Å². The van der Waals surface area contributed by atoms with Crippen molar-refractivity contribution in [1.82, 2.24) is 14.8 Å². The molecule has 4 amide bonds. The number of anilines is 1. The van der Waals surface area contributed by atoms with E-state index in [1.807, 2.05) is 50.7 Å². The molecule has 0 atom stereocenters. The minimum atomic E-state index is -0.505. The van der Waals surface area contributed by atoms with Crippen LogP contribution in [0.2, 0.25) is 0 Å². The monoisotopic (exact) mass is 424 g/mol. The third kappa shape index (κ3) is 4.28. The molecule has 3 heterocycles. The number of fused-ring (bicyclic) bond motifs is 1. The first kappa shape index (κ1) is 21.0. The number of carbonyl (C=O) groups is 3. The second-order valence-corrected chi connectivity index (χ2v) is 9.02. The fourth-order valence-electron chi connectivity index (χ4n) is 4.00. The molecule has 0 bridgehead atoms. The largest absolute Gasteiger partial charge is 0.444 e.